The lowest BCUT2D eigenvalue weighted by molar-refractivity contribution is 0.560. The van der Waals surface area contributed by atoms with Gasteiger partial charge in [0, 0.05) is 6.54 Å². The molecule has 18 heavy (non-hydrogen) atoms. The highest BCUT2D eigenvalue weighted by atomic mass is 32.2. The molecule has 0 saturated carbocycles. The first-order valence-electron chi connectivity index (χ1n) is 5.92. The molecule has 0 aliphatic rings. The number of guanidine groups is 1. The van der Waals surface area contributed by atoms with Crippen LogP contribution >= 0.6 is 0 Å². The van der Waals surface area contributed by atoms with Crippen LogP contribution < -0.4 is 10.6 Å². The van der Waals surface area contributed by atoms with Crippen molar-refractivity contribution >= 4 is 15.8 Å². The van der Waals surface area contributed by atoms with E-state index in [4.69, 9.17) is 6.42 Å². The van der Waals surface area contributed by atoms with E-state index in [-0.39, 0.29) is 12.3 Å². The van der Waals surface area contributed by atoms with Gasteiger partial charge < -0.3 is 10.6 Å². The van der Waals surface area contributed by atoms with E-state index >= 15 is 0 Å². The summed E-state index contributed by atoms with van der Waals surface area (Å²) in [6.07, 6.45) is 5.14. The molecule has 0 spiro atoms. The van der Waals surface area contributed by atoms with Gasteiger partial charge in [-0.25, -0.2) is 8.42 Å². The maximum Gasteiger partial charge on any atom is 0.192 e. The Morgan fingerprint density at radius 1 is 1.33 bits per heavy atom. The Kier molecular flexibility index (Phi) is 6.77. The molecule has 0 aliphatic carbocycles. The molecule has 5 nitrogen and oxygen atoms in total. The summed E-state index contributed by atoms with van der Waals surface area (Å²) in [4.78, 5) is 4.17. The van der Waals surface area contributed by atoms with E-state index in [0.717, 1.165) is 0 Å². The average Bonchev–Trinajstić information content (AvgIpc) is 2.24. The normalized spacial score (nSPS) is 12.9. The third kappa shape index (κ3) is 5.92. The molecular formula is C12H23N3O2S. The molecule has 0 saturated heterocycles. The summed E-state index contributed by atoms with van der Waals surface area (Å²) in [5.41, 5.74) is 0. The highest BCUT2D eigenvalue weighted by Gasteiger charge is 2.28. The second-order valence-corrected chi connectivity index (χ2v) is 7.61. The maximum atomic E-state index is 11.9. The van der Waals surface area contributed by atoms with Crippen molar-refractivity contribution in [2.45, 2.75) is 32.4 Å². The van der Waals surface area contributed by atoms with Crippen LogP contribution in [0.2, 0.25) is 0 Å². The van der Waals surface area contributed by atoms with Gasteiger partial charge in [0.05, 0.1) is 23.6 Å². The number of aliphatic imine (C=N–C) groups is 1. The van der Waals surface area contributed by atoms with Gasteiger partial charge in [-0.1, -0.05) is 5.92 Å². The Morgan fingerprint density at radius 2 is 1.94 bits per heavy atom. The second kappa shape index (κ2) is 7.27. The van der Waals surface area contributed by atoms with Crippen LogP contribution in [-0.4, -0.2) is 44.5 Å². The molecular weight excluding hydrogens is 250 g/mol. The minimum atomic E-state index is -3.13. The van der Waals surface area contributed by atoms with Gasteiger partial charge in [-0.15, -0.1) is 6.42 Å². The number of rotatable bonds is 5. The molecule has 6 heteroatoms. The van der Waals surface area contributed by atoms with Gasteiger partial charge in [-0.2, -0.15) is 0 Å². The Bertz CT molecular complexity index is 414. The SMILES string of the molecule is C#CCNC(=NCCS(=O)(=O)C(C)(C)C)NCC. The number of nitrogens with one attached hydrogen (secondary N) is 2. The molecule has 0 atom stereocenters. The van der Waals surface area contributed by atoms with Crippen LogP contribution in [0.25, 0.3) is 0 Å². The zero-order chi connectivity index (χ0) is 14.2. The monoisotopic (exact) mass is 273 g/mol. The van der Waals surface area contributed by atoms with Gasteiger partial charge in [0.2, 0.25) is 0 Å². The lowest BCUT2D eigenvalue weighted by Gasteiger charge is -2.18. The first kappa shape index (κ1) is 16.8. The summed E-state index contributed by atoms with van der Waals surface area (Å²) >= 11 is 0. The molecule has 0 aliphatic heterocycles. The van der Waals surface area contributed by atoms with E-state index < -0.39 is 14.6 Å². The van der Waals surface area contributed by atoms with Crippen molar-refractivity contribution in [3.63, 3.8) is 0 Å². The largest absolute Gasteiger partial charge is 0.357 e. The predicted molar refractivity (Wildman–Crippen MR) is 76.4 cm³/mol. The zero-order valence-electron chi connectivity index (χ0n) is 11.6. The summed E-state index contributed by atoms with van der Waals surface area (Å²) in [6, 6.07) is 0. The first-order chi connectivity index (χ1) is 8.24. The molecule has 2 N–H and O–H groups in total. The Labute approximate surface area is 110 Å². The van der Waals surface area contributed by atoms with Crippen LogP contribution in [0.1, 0.15) is 27.7 Å². The third-order valence-electron chi connectivity index (χ3n) is 2.27. The summed E-state index contributed by atoms with van der Waals surface area (Å²) in [7, 11) is -3.13. The van der Waals surface area contributed by atoms with Crippen LogP contribution in [0, 0.1) is 12.3 Å². The van der Waals surface area contributed by atoms with Gasteiger partial charge in [-0.05, 0) is 27.7 Å². The van der Waals surface area contributed by atoms with Gasteiger partial charge in [0.25, 0.3) is 0 Å². The third-order valence-corrected chi connectivity index (χ3v) is 4.85. The van der Waals surface area contributed by atoms with E-state index in [0.29, 0.717) is 19.0 Å². The second-order valence-electron chi connectivity index (χ2n) is 4.75. The molecule has 0 unspecified atom stereocenters. The summed E-state index contributed by atoms with van der Waals surface area (Å²) in [5, 5.41) is 5.89. The average molecular weight is 273 g/mol. The van der Waals surface area contributed by atoms with Crippen LogP contribution in [0.5, 0.6) is 0 Å². The van der Waals surface area contributed by atoms with E-state index in [1.54, 1.807) is 20.8 Å². The molecule has 104 valence electrons. The molecule has 0 aromatic heterocycles. The van der Waals surface area contributed by atoms with Crippen molar-refractivity contribution in [3.05, 3.63) is 0 Å². The van der Waals surface area contributed by atoms with Crippen LogP contribution in [0.3, 0.4) is 0 Å². The highest BCUT2D eigenvalue weighted by molar-refractivity contribution is 7.92. The lowest BCUT2D eigenvalue weighted by atomic mass is 10.3. The van der Waals surface area contributed by atoms with Crippen molar-refractivity contribution in [1.29, 1.82) is 0 Å². The minimum absolute atomic E-state index is 0.0309. The Morgan fingerprint density at radius 3 is 2.39 bits per heavy atom. The fraction of sp³-hybridized carbons (Fsp3) is 0.750. The summed E-state index contributed by atoms with van der Waals surface area (Å²) in [5.74, 6) is 3.01. The van der Waals surface area contributed by atoms with Crippen LogP contribution in [0.15, 0.2) is 4.99 Å². The highest BCUT2D eigenvalue weighted by Crippen LogP contribution is 2.15. The van der Waals surface area contributed by atoms with Gasteiger partial charge >= 0.3 is 0 Å². The van der Waals surface area contributed by atoms with E-state index in [1.165, 1.54) is 0 Å². The number of terminal acetylenes is 1. The van der Waals surface area contributed by atoms with Gasteiger partial charge in [-0.3, -0.25) is 4.99 Å². The van der Waals surface area contributed by atoms with Crippen LogP contribution in [-0.2, 0) is 9.84 Å². The minimum Gasteiger partial charge on any atom is -0.357 e. The van der Waals surface area contributed by atoms with Crippen LogP contribution in [0.4, 0.5) is 0 Å². The van der Waals surface area contributed by atoms with E-state index in [1.807, 2.05) is 6.92 Å². The Hall–Kier alpha value is -1.22. The number of nitrogens with zero attached hydrogens (tertiary/aromatic N) is 1. The first-order valence-corrected chi connectivity index (χ1v) is 7.57. The fourth-order valence-corrected chi connectivity index (χ4v) is 2.00. The predicted octanol–water partition coefficient (Wildman–Crippen LogP) is 0.388. The molecule has 0 amide bonds. The van der Waals surface area contributed by atoms with Gasteiger partial charge in [0.1, 0.15) is 0 Å². The van der Waals surface area contributed by atoms with E-state index in [9.17, 15) is 8.42 Å². The lowest BCUT2D eigenvalue weighted by Crippen LogP contribution is -2.38. The standard InChI is InChI=1S/C12H23N3O2S/c1-6-8-14-11(13-7-2)15-9-10-18(16,17)12(3,4)5/h1H,7-10H2,2-5H3,(H2,13,14,15). The topological polar surface area (TPSA) is 70.6 Å². The molecule has 0 aromatic carbocycles. The number of hydrogen-bond acceptors (Lipinski definition) is 3. The van der Waals surface area contributed by atoms with Gasteiger partial charge in [0.15, 0.2) is 15.8 Å². The number of sulfone groups is 1. The summed E-state index contributed by atoms with van der Waals surface area (Å²) < 4.78 is 23.0. The smallest absolute Gasteiger partial charge is 0.192 e. The molecule has 0 radical (unpaired) electrons. The van der Waals surface area contributed by atoms with Crippen molar-refractivity contribution in [1.82, 2.24) is 10.6 Å². The fourth-order valence-electron chi connectivity index (χ4n) is 1.06. The number of hydrogen-bond donors (Lipinski definition) is 2. The molecule has 0 rings (SSSR count). The Balaban J connectivity index is 4.48. The van der Waals surface area contributed by atoms with Crippen molar-refractivity contribution in [3.8, 4) is 12.3 Å². The maximum absolute atomic E-state index is 11.9. The van der Waals surface area contributed by atoms with Crippen molar-refractivity contribution in [2.24, 2.45) is 4.99 Å². The molecule has 0 heterocycles. The molecule has 0 fully saturated rings. The van der Waals surface area contributed by atoms with Crippen molar-refractivity contribution < 1.29 is 8.42 Å². The van der Waals surface area contributed by atoms with Crippen molar-refractivity contribution in [2.75, 3.05) is 25.4 Å². The molecule has 0 bridgehead atoms. The van der Waals surface area contributed by atoms with E-state index in [2.05, 4.69) is 21.5 Å². The summed E-state index contributed by atoms with van der Waals surface area (Å²) in [6.45, 7) is 8.27. The molecule has 0 aromatic rings. The quantitative estimate of drug-likeness (QED) is 0.432. The zero-order valence-corrected chi connectivity index (χ0v) is 12.4.